The fourth-order valence-electron chi connectivity index (χ4n) is 3.31. The fraction of sp³-hybridized carbons (Fsp3) is 0.435. The number of nitrogens with one attached hydrogen (secondary N) is 2. The molecule has 1 heterocycles. The van der Waals surface area contributed by atoms with Crippen molar-refractivity contribution < 1.29 is 5.11 Å². The van der Waals surface area contributed by atoms with Crippen LogP contribution in [0.4, 0.5) is 5.69 Å². The van der Waals surface area contributed by atoms with Gasteiger partial charge in [0.1, 0.15) is 0 Å². The molecule has 1 saturated heterocycles. The molecule has 1 aliphatic heterocycles. The van der Waals surface area contributed by atoms with Gasteiger partial charge in [-0.05, 0) is 50.4 Å². The Hall–Kier alpha value is -2.37. The summed E-state index contributed by atoms with van der Waals surface area (Å²) in [6.07, 6.45) is 2.74. The van der Waals surface area contributed by atoms with Crippen molar-refractivity contribution >= 4 is 11.6 Å². The van der Waals surface area contributed by atoms with E-state index in [0.717, 1.165) is 57.1 Å². The van der Waals surface area contributed by atoms with Crippen LogP contribution >= 0.6 is 0 Å². The molecule has 0 bridgehead atoms. The van der Waals surface area contributed by atoms with Gasteiger partial charge in [0, 0.05) is 25.3 Å². The highest BCUT2D eigenvalue weighted by molar-refractivity contribution is 5.93. The third-order valence-electron chi connectivity index (χ3n) is 5.08. The van der Waals surface area contributed by atoms with Crippen molar-refractivity contribution in [3.8, 4) is 0 Å². The van der Waals surface area contributed by atoms with Crippen molar-refractivity contribution in [1.29, 1.82) is 0 Å². The molecule has 0 atom stereocenters. The number of hydrogen-bond acceptors (Lipinski definition) is 3. The molecule has 2 aromatic carbocycles. The van der Waals surface area contributed by atoms with Crippen LogP contribution in [-0.2, 0) is 6.54 Å². The lowest BCUT2D eigenvalue weighted by atomic mass is 10.1. The summed E-state index contributed by atoms with van der Waals surface area (Å²) in [5.74, 6) is 0.806. The van der Waals surface area contributed by atoms with Gasteiger partial charge in [-0.2, -0.15) is 0 Å². The van der Waals surface area contributed by atoms with E-state index in [-0.39, 0.29) is 6.10 Å². The Kier molecular flexibility index (Phi) is 7.88. The van der Waals surface area contributed by atoms with E-state index in [4.69, 9.17) is 4.99 Å². The van der Waals surface area contributed by atoms with Gasteiger partial charge in [0.25, 0.3) is 0 Å². The minimum atomic E-state index is -0.107. The van der Waals surface area contributed by atoms with Gasteiger partial charge in [0.15, 0.2) is 5.96 Å². The molecule has 0 amide bonds. The third kappa shape index (κ3) is 6.98. The summed E-state index contributed by atoms with van der Waals surface area (Å²) in [6, 6.07) is 18.6. The van der Waals surface area contributed by atoms with Crippen LogP contribution in [0.5, 0.6) is 0 Å². The van der Waals surface area contributed by atoms with E-state index in [1.807, 2.05) is 30.3 Å². The summed E-state index contributed by atoms with van der Waals surface area (Å²) < 4.78 is 0. The molecule has 3 N–H and O–H groups in total. The number of piperidine rings is 1. The number of benzene rings is 2. The lowest BCUT2D eigenvalue weighted by Gasteiger charge is -2.29. The largest absolute Gasteiger partial charge is 0.393 e. The van der Waals surface area contributed by atoms with Gasteiger partial charge < -0.3 is 20.6 Å². The molecule has 5 nitrogen and oxygen atoms in total. The molecule has 0 radical (unpaired) electrons. The first-order chi connectivity index (χ1) is 13.7. The maximum atomic E-state index is 9.62. The van der Waals surface area contributed by atoms with Gasteiger partial charge >= 0.3 is 0 Å². The highest BCUT2D eigenvalue weighted by atomic mass is 16.3. The van der Waals surface area contributed by atoms with E-state index in [1.165, 1.54) is 11.1 Å². The monoisotopic (exact) mass is 380 g/mol. The number of aryl methyl sites for hydroxylation is 1. The summed E-state index contributed by atoms with van der Waals surface area (Å²) in [5.41, 5.74) is 3.49. The van der Waals surface area contributed by atoms with Gasteiger partial charge in [-0.25, -0.2) is 4.99 Å². The lowest BCUT2D eigenvalue weighted by Crippen LogP contribution is -2.38. The number of hydrogen-bond donors (Lipinski definition) is 3. The zero-order valence-electron chi connectivity index (χ0n) is 16.8. The average Bonchev–Trinajstić information content (AvgIpc) is 2.72. The van der Waals surface area contributed by atoms with Gasteiger partial charge in [-0.15, -0.1) is 0 Å². The Morgan fingerprint density at radius 2 is 1.79 bits per heavy atom. The number of anilines is 1. The minimum absolute atomic E-state index is 0.107. The molecule has 5 heteroatoms. The van der Waals surface area contributed by atoms with E-state index in [2.05, 4.69) is 46.7 Å². The molecular formula is C23H32N4O. The first kappa shape index (κ1) is 20.4. The Morgan fingerprint density at radius 1 is 1.07 bits per heavy atom. The number of likely N-dealkylation sites (tertiary alicyclic amines) is 1. The van der Waals surface area contributed by atoms with Crippen molar-refractivity contribution in [2.75, 3.05) is 31.5 Å². The SMILES string of the molecule is Cc1ccc(CN=C(NCCCN2CCC(O)CC2)Nc2ccccc2)cc1. The predicted octanol–water partition coefficient (Wildman–Crippen LogP) is 3.40. The van der Waals surface area contributed by atoms with E-state index in [0.29, 0.717) is 6.54 Å². The molecule has 1 aliphatic rings. The maximum absolute atomic E-state index is 9.62. The Morgan fingerprint density at radius 3 is 2.50 bits per heavy atom. The van der Waals surface area contributed by atoms with Crippen LogP contribution in [-0.4, -0.2) is 48.2 Å². The molecule has 0 saturated carbocycles. The summed E-state index contributed by atoms with van der Waals surface area (Å²) in [7, 11) is 0. The summed E-state index contributed by atoms with van der Waals surface area (Å²) in [6.45, 7) is 6.66. The van der Waals surface area contributed by atoms with E-state index < -0.39 is 0 Å². The molecule has 0 aromatic heterocycles. The molecule has 150 valence electrons. The Labute approximate surface area is 168 Å². The Bertz CT molecular complexity index is 722. The van der Waals surface area contributed by atoms with Crippen LogP contribution in [0, 0.1) is 6.92 Å². The van der Waals surface area contributed by atoms with Crippen molar-refractivity contribution in [3.63, 3.8) is 0 Å². The van der Waals surface area contributed by atoms with Gasteiger partial charge in [0.2, 0.25) is 0 Å². The first-order valence-electron chi connectivity index (χ1n) is 10.3. The highest BCUT2D eigenvalue weighted by Gasteiger charge is 2.16. The third-order valence-corrected chi connectivity index (χ3v) is 5.08. The van der Waals surface area contributed by atoms with Crippen LogP contribution in [0.3, 0.4) is 0 Å². The highest BCUT2D eigenvalue weighted by Crippen LogP contribution is 2.10. The number of aliphatic hydroxyl groups excluding tert-OH is 1. The molecule has 28 heavy (non-hydrogen) atoms. The zero-order chi connectivity index (χ0) is 19.6. The molecule has 2 aromatic rings. The maximum Gasteiger partial charge on any atom is 0.196 e. The molecule has 0 spiro atoms. The Balaban J connectivity index is 1.51. The van der Waals surface area contributed by atoms with Gasteiger partial charge in [0.05, 0.1) is 12.6 Å². The van der Waals surface area contributed by atoms with Crippen molar-refractivity contribution in [1.82, 2.24) is 10.2 Å². The molecule has 0 aliphatic carbocycles. The number of nitrogens with zero attached hydrogens (tertiary/aromatic N) is 2. The summed E-state index contributed by atoms with van der Waals surface area (Å²) in [4.78, 5) is 7.19. The smallest absolute Gasteiger partial charge is 0.196 e. The second-order valence-electron chi connectivity index (χ2n) is 7.49. The number of rotatable bonds is 7. The van der Waals surface area contributed by atoms with Crippen LogP contribution in [0.25, 0.3) is 0 Å². The van der Waals surface area contributed by atoms with Crippen LogP contribution in [0.15, 0.2) is 59.6 Å². The summed E-state index contributed by atoms with van der Waals surface area (Å²) >= 11 is 0. The number of guanidine groups is 1. The molecule has 1 fully saturated rings. The quantitative estimate of drug-likeness (QED) is 0.391. The van der Waals surface area contributed by atoms with Crippen molar-refractivity contribution in [3.05, 3.63) is 65.7 Å². The topological polar surface area (TPSA) is 59.9 Å². The average molecular weight is 381 g/mol. The van der Waals surface area contributed by atoms with Gasteiger partial charge in [-0.3, -0.25) is 0 Å². The second kappa shape index (κ2) is 10.8. The molecule has 0 unspecified atom stereocenters. The van der Waals surface area contributed by atoms with Crippen LogP contribution < -0.4 is 10.6 Å². The first-order valence-corrected chi connectivity index (χ1v) is 10.3. The van der Waals surface area contributed by atoms with Crippen molar-refractivity contribution in [2.45, 2.75) is 38.8 Å². The number of aliphatic imine (C=N–C) groups is 1. The summed E-state index contributed by atoms with van der Waals surface area (Å²) in [5, 5.41) is 16.5. The van der Waals surface area contributed by atoms with Crippen molar-refractivity contribution in [2.24, 2.45) is 4.99 Å². The predicted molar refractivity (Wildman–Crippen MR) is 117 cm³/mol. The number of para-hydroxylation sites is 1. The van der Waals surface area contributed by atoms with Gasteiger partial charge in [-0.1, -0.05) is 48.0 Å². The van der Waals surface area contributed by atoms with Crippen LogP contribution in [0.1, 0.15) is 30.4 Å². The molecule has 3 rings (SSSR count). The molecular weight excluding hydrogens is 348 g/mol. The fourth-order valence-corrected chi connectivity index (χ4v) is 3.31. The van der Waals surface area contributed by atoms with E-state index in [1.54, 1.807) is 0 Å². The van der Waals surface area contributed by atoms with E-state index in [9.17, 15) is 5.11 Å². The zero-order valence-corrected chi connectivity index (χ0v) is 16.8. The lowest BCUT2D eigenvalue weighted by molar-refractivity contribution is 0.0823. The number of aliphatic hydroxyl groups is 1. The van der Waals surface area contributed by atoms with E-state index >= 15 is 0 Å². The van der Waals surface area contributed by atoms with Crippen LogP contribution in [0.2, 0.25) is 0 Å². The standard InChI is InChI=1S/C23H32N4O/c1-19-8-10-20(11-9-19)18-25-23(26-21-6-3-2-4-7-21)24-14-5-15-27-16-12-22(28)13-17-27/h2-4,6-11,22,28H,5,12-18H2,1H3,(H2,24,25,26). The minimum Gasteiger partial charge on any atom is -0.393 e. The normalized spacial score (nSPS) is 16.1. The second-order valence-corrected chi connectivity index (χ2v) is 7.49.